The summed E-state index contributed by atoms with van der Waals surface area (Å²) < 4.78 is 4.76. The Hall–Kier alpha value is -2.37. The minimum absolute atomic E-state index is 0.133. The van der Waals surface area contributed by atoms with E-state index < -0.39 is 22.0 Å². The maximum absolute atomic E-state index is 11.2. The molecule has 0 aliphatic carbocycles. The van der Waals surface area contributed by atoms with Gasteiger partial charge in [0.1, 0.15) is 5.58 Å². The third-order valence-corrected chi connectivity index (χ3v) is 2.20. The molecule has 2 aromatic rings. The summed E-state index contributed by atoms with van der Waals surface area (Å²) in [6.07, 6.45) is 0. The zero-order chi connectivity index (χ0) is 11.9. The minimum atomic E-state index is -1.15. The van der Waals surface area contributed by atoms with Gasteiger partial charge in [-0.1, -0.05) is 6.07 Å². The van der Waals surface area contributed by atoms with Crippen LogP contribution in [-0.2, 0) is 0 Å². The van der Waals surface area contributed by atoms with Gasteiger partial charge in [0, 0.05) is 0 Å². The van der Waals surface area contributed by atoms with Crippen LogP contribution < -0.4 is 5.63 Å². The summed E-state index contributed by atoms with van der Waals surface area (Å²) >= 11 is 0. The highest BCUT2D eigenvalue weighted by Gasteiger charge is 2.23. The number of hydrogen-bond acceptors (Lipinski definition) is 5. The van der Waals surface area contributed by atoms with Crippen LogP contribution in [0.3, 0.4) is 0 Å². The molecule has 6 heteroatoms. The molecular formula is C10H7NO5. The number of nitrogens with zero attached hydrogens (tertiary/aromatic N) is 1. The average molecular weight is 221 g/mol. The van der Waals surface area contributed by atoms with Gasteiger partial charge in [0.25, 0.3) is 0 Å². The van der Waals surface area contributed by atoms with Gasteiger partial charge in [-0.15, -0.1) is 0 Å². The fourth-order valence-corrected chi connectivity index (χ4v) is 1.44. The van der Waals surface area contributed by atoms with Crippen LogP contribution >= 0.6 is 0 Å². The van der Waals surface area contributed by atoms with Crippen molar-refractivity contribution in [1.82, 2.24) is 0 Å². The number of fused-ring (bicyclic) bond motifs is 1. The Bertz CT molecular complexity index is 643. The van der Waals surface area contributed by atoms with Crippen LogP contribution in [0, 0.1) is 17.0 Å². The van der Waals surface area contributed by atoms with Crippen LogP contribution in [0.25, 0.3) is 11.0 Å². The summed E-state index contributed by atoms with van der Waals surface area (Å²) in [5.74, 6) is -0.656. The maximum Gasteiger partial charge on any atom is 0.419 e. The van der Waals surface area contributed by atoms with Crippen molar-refractivity contribution >= 4 is 16.7 Å². The highest BCUT2D eigenvalue weighted by atomic mass is 16.6. The van der Waals surface area contributed by atoms with Crippen LogP contribution in [0.1, 0.15) is 5.56 Å². The predicted octanol–water partition coefficient (Wildman–Crippen LogP) is 1.72. The van der Waals surface area contributed by atoms with Crippen molar-refractivity contribution in [2.24, 2.45) is 0 Å². The lowest BCUT2D eigenvalue weighted by atomic mass is 10.1. The highest BCUT2D eigenvalue weighted by molar-refractivity contribution is 5.86. The molecule has 2 rings (SSSR count). The first-order valence-corrected chi connectivity index (χ1v) is 4.41. The van der Waals surface area contributed by atoms with Gasteiger partial charge in [-0.05, 0) is 24.6 Å². The van der Waals surface area contributed by atoms with Gasteiger partial charge in [-0.3, -0.25) is 10.1 Å². The Morgan fingerprint density at radius 1 is 1.44 bits per heavy atom. The third kappa shape index (κ3) is 1.40. The van der Waals surface area contributed by atoms with Gasteiger partial charge in [-0.25, -0.2) is 4.79 Å². The van der Waals surface area contributed by atoms with Crippen LogP contribution in [0.2, 0.25) is 0 Å². The second-order valence-electron chi connectivity index (χ2n) is 3.34. The third-order valence-electron chi connectivity index (χ3n) is 2.20. The van der Waals surface area contributed by atoms with Gasteiger partial charge in [0.2, 0.25) is 5.75 Å². The van der Waals surface area contributed by atoms with Crippen molar-refractivity contribution in [3.8, 4) is 5.75 Å². The van der Waals surface area contributed by atoms with E-state index in [1.54, 1.807) is 13.0 Å². The SMILES string of the molecule is Cc1ccc2c(O)c([N+](=O)[O-])c(=O)oc2c1. The molecule has 1 aromatic heterocycles. The Morgan fingerprint density at radius 3 is 2.75 bits per heavy atom. The molecule has 6 nitrogen and oxygen atoms in total. The molecule has 1 aromatic carbocycles. The molecule has 82 valence electrons. The van der Waals surface area contributed by atoms with Crippen molar-refractivity contribution in [2.75, 3.05) is 0 Å². The summed E-state index contributed by atoms with van der Waals surface area (Å²) in [5, 5.41) is 20.3. The summed E-state index contributed by atoms with van der Waals surface area (Å²) in [6, 6.07) is 4.65. The minimum Gasteiger partial charge on any atom is -0.501 e. The van der Waals surface area contributed by atoms with Crippen molar-refractivity contribution in [2.45, 2.75) is 6.92 Å². The van der Waals surface area contributed by atoms with Crippen LogP contribution in [0.5, 0.6) is 5.75 Å². The number of hydrogen-bond donors (Lipinski definition) is 1. The fourth-order valence-electron chi connectivity index (χ4n) is 1.44. The molecule has 0 radical (unpaired) electrons. The van der Waals surface area contributed by atoms with Gasteiger partial charge < -0.3 is 9.52 Å². The van der Waals surface area contributed by atoms with E-state index in [1.807, 2.05) is 0 Å². The lowest BCUT2D eigenvalue weighted by Crippen LogP contribution is -2.06. The molecule has 0 amide bonds. The number of nitro groups is 1. The van der Waals surface area contributed by atoms with E-state index in [-0.39, 0.29) is 11.0 Å². The monoisotopic (exact) mass is 221 g/mol. The second-order valence-corrected chi connectivity index (χ2v) is 3.34. The van der Waals surface area contributed by atoms with Crippen molar-refractivity contribution in [1.29, 1.82) is 0 Å². The molecule has 0 unspecified atom stereocenters. The molecule has 0 saturated heterocycles. The molecular weight excluding hydrogens is 214 g/mol. The van der Waals surface area contributed by atoms with Gasteiger partial charge >= 0.3 is 11.3 Å². The van der Waals surface area contributed by atoms with Crippen LogP contribution in [0.15, 0.2) is 27.4 Å². The van der Waals surface area contributed by atoms with E-state index >= 15 is 0 Å². The topological polar surface area (TPSA) is 93.6 Å². The van der Waals surface area contributed by atoms with E-state index in [0.717, 1.165) is 5.56 Å². The largest absolute Gasteiger partial charge is 0.501 e. The zero-order valence-corrected chi connectivity index (χ0v) is 8.26. The number of aryl methyl sites for hydroxylation is 1. The van der Waals surface area contributed by atoms with Crippen molar-refractivity contribution < 1.29 is 14.4 Å². The quantitative estimate of drug-likeness (QED) is 0.449. The van der Waals surface area contributed by atoms with E-state index in [4.69, 9.17) is 4.42 Å². The molecule has 0 aliphatic rings. The van der Waals surface area contributed by atoms with Gasteiger partial charge in [0.05, 0.1) is 10.3 Å². The number of aromatic hydroxyl groups is 1. The van der Waals surface area contributed by atoms with Crippen molar-refractivity contribution in [3.05, 3.63) is 44.3 Å². The first-order chi connectivity index (χ1) is 7.50. The van der Waals surface area contributed by atoms with E-state index in [1.165, 1.54) is 12.1 Å². The van der Waals surface area contributed by atoms with E-state index in [2.05, 4.69) is 0 Å². The molecule has 16 heavy (non-hydrogen) atoms. The normalized spacial score (nSPS) is 10.6. The first-order valence-electron chi connectivity index (χ1n) is 4.41. The molecule has 0 spiro atoms. The molecule has 0 saturated carbocycles. The first kappa shape index (κ1) is 10.2. The average Bonchev–Trinajstić information content (AvgIpc) is 2.15. The van der Waals surface area contributed by atoms with E-state index in [0.29, 0.717) is 0 Å². The second kappa shape index (κ2) is 3.34. The molecule has 0 atom stereocenters. The van der Waals surface area contributed by atoms with E-state index in [9.17, 15) is 20.0 Å². The summed E-state index contributed by atoms with van der Waals surface area (Å²) in [6.45, 7) is 1.78. The maximum atomic E-state index is 11.2. The lowest BCUT2D eigenvalue weighted by molar-refractivity contribution is -0.388. The molecule has 0 aliphatic heterocycles. The van der Waals surface area contributed by atoms with Crippen LogP contribution in [0.4, 0.5) is 5.69 Å². The highest BCUT2D eigenvalue weighted by Crippen LogP contribution is 2.31. The van der Waals surface area contributed by atoms with Crippen LogP contribution in [-0.4, -0.2) is 10.0 Å². The zero-order valence-electron chi connectivity index (χ0n) is 8.26. The van der Waals surface area contributed by atoms with Gasteiger partial charge in [0.15, 0.2) is 0 Å². The summed E-state index contributed by atoms with van der Waals surface area (Å²) in [4.78, 5) is 20.8. The Labute approximate surface area is 88.9 Å². The predicted molar refractivity (Wildman–Crippen MR) is 55.5 cm³/mol. The Morgan fingerprint density at radius 2 is 2.12 bits per heavy atom. The molecule has 0 bridgehead atoms. The van der Waals surface area contributed by atoms with Crippen molar-refractivity contribution in [3.63, 3.8) is 0 Å². The van der Waals surface area contributed by atoms with Gasteiger partial charge in [-0.2, -0.15) is 0 Å². The smallest absolute Gasteiger partial charge is 0.419 e. The lowest BCUT2D eigenvalue weighted by Gasteiger charge is -2.00. The number of benzene rings is 1. The molecule has 0 fully saturated rings. The molecule has 1 heterocycles. The fraction of sp³-hybridized carbons (Fsp3) is 0.100. The summed E-state index contributed by atoms with van der Waals surface area (Å²) in [7, 11) is 0. The Kier molecular flexibility index (Phi) is 2.12. The number of rotatable bonds is 1. The standard InChI is InChI=1S/C10H7NO5/c1-5-2-3-6-7(4-5)16-10(13)8(9(6)12)11(14)15/h2-4,12H,1H3. The molecule has 1 N–H and O–H groups in total. The summed E-state index contributed by atoms with van der Waals surface area (Å²) in [5.41, 5.74) is -1.13. The Balaban J connectivity index is 2.94.